The van der Waals surface area contributed by atoms with E-state index in [1.807, 2.05) is 31.2 Å². The normalized spacial score (nSPS) is 15.2. The standard InChI is InChI=1S/C24H23F3N6O3/c1-14-11-19(21-30-20(32-36-21)16-5-7-18(8-6-16)35-24(25,26)27)31-33(14)13-15-3-2-4-17(12-15)22(9-10-22)23(28,29)34/h2-8,11-12,34H,9-10,13,28-29H2,1H3. The van der Waals surface area contributed by atoms with Gasteiger partial charge in [0.05, 0.1) is 12.0 Å². The number of aliphatic hydroxyl groups is 1. The van der Waals surface area contributed by atoms with Gasteiger partial charge in [0.1, 0.15) is 5.75 Å². The number of hydrogen-bond acceptors (Lipinski definition) is 8. The third kappa shape index (κ3) is 4.70. The SMILES string of the molecule is Cc1cc(-c2nc(-c3ccc(OC(F)(F)F)cc3)no2)nn1Cc1cccc(C2(C(N)(N)O)CC2)c1. The molecular weight excluding hydrogens is 477 g/mol. The topological polar surface area (TPSA) is 138 Å². The molecule has 5 N–H and O–H groups in total. The number of nitrogens with two attached hydrogens (primary N) is 2. The lowest BCUT2D eigenvalue weighted by molar-refractivity contribution is -0.274. The van der Waals surface area contributed by atoms with Crippen LogP contribution in [0.15, 0.2) is 59.1 Å². The third-order valence-corrected chi connectivity index (χ3v) is 6.30. The molecule has 1 aliphatic rings. The van der Waals surface area contributed by atoms with Crippen molar-refractivity contribution in [2.45, 2.75) is 43.9 Å². The molecule has 36 heavy (non-hydrogen) atoms. The number of benzene rings is 2. The van der Waals surface area contributed by atoms with Crippen molar-refractivity contribution in [2.75, 3.05) is 0 Å². The molecule has 0 atom stereocenters. The Hall–Kier alpha value is -3.74. The van der Waals surface area contributed by atoms with Gasteiger partial charge in [0.2, 0.25) is 5.82 Å². The smallest absolute Gasteiger partial charge is 0.406 e. The molecule has 1 saturated carbocycles. The summed E-state index contributed by atoms with van der Waals surface area (Å²) in [5.41, 5.74) is 14.6. The van der Waals surface area contributed by atoms with Crippen molar-refractivity contribution in [1.82, 2.24) is 19.9 Å². The lowest BCUT2D eigenvalue weighted by atomic mass is 9.89. The van der Waals surface area contributed by atoms with E-state index in [-0.39, 0.29) is 17.5 Å². The minimum absolute atomic E-state index is 0.171. The maximum Gasteiger partial charge on any atom is 0.573 e. The molecule has 0 unspecified atom stereocenters. The average molecular weight is 500 g/mol. The average Bonchev–Trinajstić information content (AvgIpc) is 3.36. The van der Waals surface area contributed by atoms with E-state index >= 15 is 0 Å². The van der Waals surface area contributed by atoms with Crippen molar-refractivity contribution in [3.63, 3.8) is 0 Å². The van der Waals surface area contributed by atoms with Gasteiger partial charge in [-0.05, 0) is 61.2 Å². The molecule has 2 heterocycles. The van der Waals surface area contributed by atoms with Crippen molar-refractivity contribution in [3.8, 4) is 28.7 Å². The lowest BCUT2D eigenvalue weighted by Crippen LogP contribution is -2.58. The number of alkyl halides is 3. The zero-order valence-corrected chi connectivity index (χ0v) is 19.2. The number of aryl methyl sites for hydroxylation is 1. The zero-order valence-electron chi connectivity index (χ0n) is 19.2. The number of aromatic nitrogens is 4. The molecule has 12 heteroatoms. The Bertz CT molecular complexity index is 1390. The van der Waals surface area contributed by atoms with E-state index in [0.29, 0.717) is 30.6 Å². The van der Waals surface area contributed by atoms with Crippen LogP contribution in [0.4, 0.5) is 13.2 Å². The zero-order chi connectivity index (χ0) is 25.7. The molecule has 0 aliphatic heterocycles. The summed E-state index contributed by atoms with van der Waals surface area (Å²) in [4.78, 5) is 4.33. The molecule has 9 nitrogen and oxygen atoms in total. The van der Waals surface area contributed by atoms with Crippen LogP contribution in [0.3, 0.4) is 0 Å². The molecule has 0 spiro atoms. The quantitative estimate of drug-likeness (QED) is 0.328. The van der Waals surface area contributed by atoms with Gasteiger partial charge in [-0.25, -0.2) is 0 Å². The number of rotatable bonds is 7. The Kier molecular flexibility index (Phi) is 5.62. The highest BCUT2D eigenvalue weighted by Gasteiger charge is 2.56. The van der Waals surface area contributed by atoms with Crippen LogP contribution in [0.1, 0.15) is 29.7 Å². The maximum absolute atomic E-state index is 12.4. The Morgan fingerprint density at radius 3 is 2.47 bits per heavy atom. The molecule has 0 bridgehead atoms. The van der Waals surface area contributed by atoms with Crippen LogP contribution in [-0.2, 0) is 12.0 Å². The van der Waals surface area contributed by atoms with Crippen LogP contribution in [0.2, 0.25) is 0 Å². The van der Waals surface area contributed by atoms with Crippen molar-refractivity contribution in [2.24, 2.45) is 11.5 Å². The van der Waals surface area contributed by atoms with Gasteiger partial charge >= 0.3 is 6.36 Å². The number of ether oxygens (including phenoxy) is 1. The third-order valence-electron chi connectivity index (χ3n) is 6.30. The van der Waals surface area contributed by atoms with Gasteiger partial charge in [-0.3, -0.25) is 16.1 Å². The van der Waals surface area contributed by atoms with Gasteiger partial charge in [0.25, 0.3) is 5.89 Å². The van der Waals surface area contributed by atoms with Crippen LogP contribution in [-0.4, -0.2) is 37.2 Å². The Morgan fingerprint density at radius 1 is 1.11 bits per heavy atom. The van der Waals surface area contributed by atoms with Gasteiger partial charge in [0.15, 0.2) is 11.5 Å². The second kappa shape index (κ2) is 8.43. The minimum Gasteiger partial charge on any atom is -0.406 e. The maximum atomic E-state index is 12.4. The van der Waals surface area contributed by atoms with Crippen molar-refractivity contribution in [3.05, 3.63) is 71.4 Å². The van der Waals surface area contributed by atoms with Gasteiger partial charge in [-0.1, -0.05) is 29.4 Å². The number of halogens is 3. The van der Waals surface area contributed by atoms with E-state index in [9.17, 15) is 18.3 Å². The van der Waals surface area contributed by atoms with Crippen LogP contribution in [0.25, 0.3) is 23.0 Å². The first-order chi connectivity index (χ1) is 16.9. The monoisotopic (exact) mass is 500 g/mol. The van der Waals surface area contributed by atoms with Crippen LogP contribution < -0.4 is 16.2 Å². The highest BCUT2D eigenvalue weighted by molar-refractivity contribution is 5.59. The molecule has 5 rings (SSSR count). The Morgan fingerprint density at radius 2 is 1.83 bits per heavy atom. The lowest BCUT2D eigenvalue weighted by Gasteiger charge is -2.29. The minimum atomic E-state index is -4.77. The predicted molar refractivity (Wildman–Crippen MR) is 122 cm³/mol. The Labute approximate surface area is 203 Å². The second-order valence-electron chi connectivity index (χ2n) is 8.93. The highest BCUT2D eigenvalue weighted by Crippen LogP contribution is 2.52. The van der Waals surface area contributed by atoms with Crippen molar-refractivity contribution >= 4 is 0 Å². The van der Waals surface area contributed by atoms with E-state index in [1.165, 1.54) is 24.3 Å². The molecule has 0 amide bonds. The van der Waals surface area contributed by atoms with E-state index < -0.39 is 17.6 Å². The van der Waals surface area contributed by atoms with Crippen LogP contribution in [0.5, 0.6) is 5.75 Å². The Balaban J connectivity index is 1.33. The van der Waals surface area contributed by atoms with E-state index in [1.54, 1.807) is 10.7 Å². The fourth-order valence-corrected chi connectivity index (χ4v) is 4.21. The van der Waals surface area contributed by atoms with E-state index in [2.05, 4.69) is 20.0 Å². The fraction of sp³-hybridized carbons (Fsp3) is 0.292. The molecular formula is C24H23F3N6O3. The van der Waals surface area contributed by atoms with Gasteiger partial charge in [-0.15, -0.1) is 13.2 Å². The summed E-state index contributed by atoms with van der Waals surface area (Å²) < 4.78 is 48.1. The van der Waals surface area contributed by atoms with Gasteiger partial charge in [-0.2, -0.15) is 10.1 Å². The predicted octanol–water partition coefficient (Wildman–Crippen LogP) is 3.45. The summed E-state index contributed by atoms with van der Waals surface area (Å²) in [5.74, 6) is -1.76. The molecule has 4 aromatic rings. The molecule has 188 valence electrons. The van der Waals surface area contributed by atoms with Gasteiger partial charge < -0.3 is 14.4 Å². The van der Waals surface area contributed by atoms with Crippen molar-refractivity contribution in [1.29, 1.82) is 0 Å². The fourth-order valence-electron chi connectivity index (χ4n) is 4.21. The number of hydrogen-bond donors (Lipinski definition) is 3. The summed E-state index contributed by atoms with van der Waals surface area (Å²) in [6.07, 6.45) is -3.35. The van der Waals surface area contributed by atoms with Crippen LogP contribution in [0, 0.1) is 6.92 Å². The first kappa shape index (κ1) is 24.0. The summed E-state index contributed by atoms with van der Waals surface area (Å²) in [7, 11) is 0. The molecule has 0 saturated heterocycles. The molecule has 0 radical (unpaired) electrons. The first-order valence-electron chi connectivity index (χ1n) is 11.1. The summed E-state index contributed by atoms with van der Waals surface area (Å²) in [6, 6.07) is 14.7. The summed E-state index contributed by atoms with van der Waals surface area (Å²) >= 11 is 0. The molecule has 1 aliphatic carbocycles. The largest absolute Gasteiger partial charge is 0.573 e. The van der Waals surface area contributed by atoms with E-state index in [0.717, 1.165) is 16.8 Å². The summed E-state index contributed by atoms with van der Waals surface area (Å²) in [5, 5.41) is 18.7. The van der Waals surface area contributed by atoms with Crippen molar-refractivity contribution < 1.29 is 27.5 Å². The first-order valence-corrected chi connectivity index (χ1v) is 11.1. The number of nitrogens with zero attached hydrogens (tertiary/aromatic N) is 4. The van der Waals surface area contributed by atoms with E-state index in [4.69, 9.17) is 16.0 Å². The highest BCUT2D eigenvalue weighted by atomic mass is 19.4. The molecule has 1 fully saturated rings. The second-order valence-corrected chi connectivity index (χ2v) is 8.93. The van der Waals surface area contributed by atoms with Gasteiger partial charge in [0, 0.05) is 11.3 Å². The summed E-state index contributed by atoms with van der Waals surface area (Å²) in [6.45, 7) is 2.34. The molecule has 2 aromatic heterocycles. The van der Waals surface area contributed by atoms with Crippen LogP contribution >= 0.6 is 0 Å². The molecule has 2 aromatic carbocycles.